The Hall–Kier alpha value is -2.21. The van der Waals surface area contributed by atoms with Gasteiger partial charge in [-0.05, 0) is 95.7 Å². The number of benzene rings is 6. The summed E-state index contributed by atoms with van der Waals surface area (Å²) in [5.41, 5.74) is -1.64. The molecule has 6 aromatic carbocycles. The van der Waals surface area contributed by atoms with Crippen LogP contribution >= 0.6 is 24.1 Å². The fraction of sp³-hybridized carbons (Fsp3) is 0. The minimum atomic E-state index is -5.38. The summed E-state index contributed by atoms with van der Waals surface area (Å²) in [4.78, 5) is 11.5. The zero-order valence-electron chi connectivity index (χ0n) is 33.1. The summed E-state index contributed by atoms with van der Waals surface area (Å²) >= 11 is 0.864. The molecule has 0 radical (unpaired) electrons. The number of fused-ring (bicyclic) bond motifs is 2. The van der Waals surface area contributed by atoms with Crippen LogP contribution in [0.25, 0.3) is 21.5 Å². The molecule has 2 amide bonds. The number of aromatic hydroxyl groups is 4. The van der Waals surface area contributed by atoms with Gasteiger partial charge in [-0.3, -0.25) is 10.1 Å². The van der Waals surface area contributed by atoms with Crippen LogP contribution < -0.4 is 139 Å². The summed E-state index contributed by atoms with van der Waals surface area (Å²) in [6.45, 7) is 0. The normalized spacial score (nSPS) is 11.4. The molecule has 0 atom stereocenters. The van der Waals surface area contributed by atoms with E-state index in [-0.39, 0.29) is 178 Å². The van der Waals surface area contributed by atoms with Crippen LogP contribution in [0.3, 0.4) is 0 Å². The molecule has 6 rings (SSSR count). The second kappa shape index (κ2) is 25.2. The third-order valence-electron chi connectivity index (χ3n) is 7.89. The van der Waals surface area contributed by atoms with Crippen LogP contribution in [0.5, 0.6) is 23.0 Å². The van der Waals surface area contributed by atoms with Gasteiger partial charge in [-0.2, -0.15) is 8.67 Å². The minimum absolute atomic E-state index is 0. The fourth-order valence-electron chi connectivity index (χ4n) is 5.29. The summed E-state index contributed by atoms with van der Waals surface area (Å²) in [5.74, 6) is -2.35. The quantitative estimate of drug-likeness (QED) is 0.0148. The van der Waals surface area contributed by atoms with E-state index < -0.39 is 64.7 Å². The Labute approximate surface area is 457 Å². The monoisotopic (exact) mass is 992 g/mol. The molecule has 312 valence electrons. The van der Waals surface area contributed by atoms with Gasteiger partial charge in [-0.25, -0.2) is 21.6 Å². The third-order valence-corrected chi connectivity index (χ3v) is 10.8. The molecule has 0 fully saturated rings. The van der Waals surface area contributed by atoms with E-state index in [0.717, 1.165) is 18.2 Å². The van der Waals surface area contributed by atoms with Crippen molar-refractivity contribution < 1.29 is 199 Å². The first-order valence-electron chi connectivity index (χ1n) is 15.8. The average molecular weight is 993 g/mol. The Morgan fingerprint density at radius 2 is 1.08 bits per heavy atom. The Balaban J connectivity index is 0.00000352. The van der Waals surface area contributed by atoms with Crippen molar-refractivity contribution in [2.24, 2.45) is 20.5 Å². The van der Waals surface area contributed by atoms with Crippen LogP contribution in [0.1, 0.15) is 0 Å². The third kappa shape index (κ3) is 14.4. The summed E-state index contributed by atoms with van der Waals surface area (Å²) in [7, 11) is -10.4. The number of rotatable bonds is 14. The first-order valence-corrected chi connectivity index (χ1v) is 20.1. The summed E-state index contributed by atoms with van der Waals surface area (Å²) in [6.07, 6.45) is 0. The van der Waals surface area contributed by atoms with Crippen molar-refractivity contribution in [1.82, 2.24) is 0 Å². The SMILES string of the molecule is O=C(Nc1ccc2c(O)c(N=Nc3cc(SOO[O-])ccc3O)c(SOO[O-])cc2c1)Nc1ccc2c(O)c(N=Nc3cc(S(=O)(=O)[O-])ccc3O)c(S(=O)(=O)[O-])cc2c1.[Na+].[Na+].[Na+].[Na+]. The summed E-state index contributed by atoms with van der Waals surface area (Å²) in [6, 6.07) is 15.4. The number of hydrogen-bond donors (Lipinski definition) is 6. The van der Waals surface area contributed by atoms with Crippen LogP contribution in [0, 0.1) is 0 Å². The number of hydrogen-bond acceptors (Lipinski definition) is 23. The largest absolute Gasteiger partial charge is 1.00 e. The Kier molecular flexibility index (Phi) is 22.8. The van der Waals surface area contributed by atoms with Gasteiger partial charge in [0.25, 0.3) is 0 Å². The number of urea groups is 1. The number of nitrogens with one attached hydrogen (secondary N) is 2. The van der Waals surface area contributed by atoms with E-state index >= 15 is 0 Å². The zero-order chi connectivity index (χ0) is 43.4. The van der Waals surface area contributed by atoms with Crippen LogP contribution in [0.4, 0.5) is 38.9 Å². The van der Waals surface area contributed by atoms with Gasteiger partial charge >= 0.3 is 124 Å². The maximum absolute atomic E-state index is 13.1. The topological polar surface area (TPSA) is 369 Å². The summed E-state index contributed by atoms with van der Waals surface area (Å²) in [5, 5.41) is 90.2. The van der Waals surface area contributed by atoms with Crippen LogP contribution in [0.2, 0.25) is 0 Å². The Morgan fingerprint density at radius 3 is 1.62 bits per heavy atom. The van der Waals surface area contributed by atoms with Crippen LogP contribution in [-0.4, -0.2) is 52.4 Å². The van der Waals surface area contributed by atoms with Gasteiger partial charge in [0.05, 0.1) is 38.8 Å². The minimum Gasteiger partial charge on any atom is -0.744 e. The van der Waals surface area contributed by atoms with E-state index in [9.17, 15) is 61.7 Å². The number of amides is 2. The number of phenolic OH excluding ortho intramolecular Hbond substituents is 4. The van der Waals surface area contributed by atoms with Crippen molar-refractivity contribution >= 4 is 106 Å². The molecular weight excluding hydrogens is 973 g/mol. The fourth-order valence-corrected chi connectivity index (χ4v) is 7.30. The van der Waals surface area contributed by atoms with Gasteiger partial charge in [0.15, 0.2) is 11.5 Å². The number of anilines is 2. The number of phenols is 4. The number of nitrogens with zero attached hydrogens (tertiary/aromatic N) is 4. The first kappa shape index (κ1) is 57.9. The smallest absolute Gasteiger partial charge is 0.744 e. The molecule has 64 heavy (non-hydrogen) atoms. The molecule has 0 aromatic heterocycles. The van der Waals surface area contributed by atoms with Gasteiger partial charge in [-0.15, -0.1) is 20.5 Å². The molecule has 0 heterocycles. The number of azo groups is 2. The molecule has 0 unspecified atom stereocenters. The molecule has 0 bridgehead atoms. The number of carbonyl (C=O) groups excluding carboxylic acids is 1. The molecule has 23 nitrogen and oxygen atoms in total. The van der Waals surface area contributed by atoms with Crippen molar-refractivity contribution in [3.05, 3.63) is 84.9 Å². The molecule has 0 aliphatic carbocycles. The molecule has 0 aliphatic heterocycles. The second-order valence-corrected chi connectivity index (χ2v) is 15.9. The van der Waals surface area contributed by atoms with Gasteiger partial charge in [0.1, 0.15) is 54.5 Å². The number of carbonyl (C=O) groups is 1. The first-order chi connectivity index (χ1) is 28.5. The van der Waals surface area contributed by atoms with Crippen molar-refractivity contribution in [2.45, 2.75) is 19.6 Å². The van der Waals surface area contributed by atoms with E-state index in [1.54, 1.807) is 0 Å². The van der Waals surface area contributed by atoms with E-state index in [1.807, 2.05) is 0 Å². The second-order valence-electron chi connectivity index (χ2n) is 11.6. The van der Waals surface area contributed by atoms with Crippen molar-refractivity contribution in [1.29, 1.82) is 0 Å². The molecule has 6 N–H and O–H groups in total. The predicted octanol–water partition coefficient (Wildman–Crippen LogP) is -6.42. The average Bonchev–Trinajstić information content (AvgIpc) is 3.19. The van der Waals surface area contributed by atoms with E-state index in [0.29, 0.717) is 30.2 Å². The van der Waals surface area contributed by atoms with E-state index in [2.05, 4.69) is 49.8 Å². The van der Waals surface area contributed by atoms with Crippen molar-refractivity contribution in [2.75, 3.05) is 10.6 Å². The van der Waals surface area contributed by atoms with E-state index in [4.69, 9.17) is 0 Å². The van der Waals surface area contributed by atoms with E-state index in [1.165, 1.54) is 60.7 Å². The molecule has 6 aromatic rings. The van der Waals surface area contributed by atoms with Crippen molar-refractivity contribution in [3.63, 3.8) is 0 Å². The Morgan fingerprint density at radius 1 is 0.578 bits per heavy atom. The standard InChI is InChI=1S/C33H24N6O17S4.4Na/c40-25-7-3-19(57-55-53-45)13-23(25)36-38-29-27(58-56-54-46)11-15-9-17(1-5-21(15)31(29)42)34-33(44)35-18-2-6-22-16(10-18)12-28(60(50,51)52)30(32(22)43)39-37-24-14-20(59(47,48)49)4-8-26(24)41;;;;/h1-14,40-43,45-46H,(H2,34,35,44)(H,47,48,49)(H,50,51,52);;;;/q;4*+1/p-4. The maximum atomic E-state index is 13.1. The van der Waals surface area contributed by atoms with Crippen LogP contribution in [0.15, 0.2) is 125 Å². The summed E-state index contributed by atoms with van der Waals surface area (Å²) < 4.78 is 79.5. The molecule has 0 spiro atoms. The molecule has 0 saturated carbocycles. The zero-order valence-corrected chi connectivity index (χ0v) is 44.4. The van der Waals surface area contributed by atoms with Gasteiger partial charge in [0.2, 0.25) is 0 Å². The maximum Gasteiger partial charge on any atom is 1.00 e. The van der Waals surface area contributed by atoms with Gasteiger partial charge in [-0.1, -0.05) is 0 Å². The van der Waals surface area contributed by atoms with Gasteiger partial charge < -0.3 is 50.7 Å². The molecule has 0 saturated heterocycles. The van der Waals surface area contributed by atoms with Crippen molar-refractivity contribution in [3.8, 4) is 23.0 Å². The van der Waals surface area contributed by atoms with Gasteiger partial charge in [0, 0.05) is 27.0 Å². The van der Waals surface area contributed by atoms with Crippen LogP contribution in [-0.2, 0) is 39.0 Å². The molecule has 31 heteroatoms. The Bertz CT molecular complexity index is 2980. The predicted molar refractivity (Wildman–Crippen MR) is 200 cm³/mol. The molecular formula is C33H20N6Na4O17S4. The molecule has 0 aliphatic rings.